The summed E-state index contributed by atoms with van der Waals surface area (Å²) >= 11 is 0. The first-order valence-corrected chi connectivity index (χ1v) is 8.26. The number of aliphatic hydroxyl groups is 1. The summed E-state index contributed by atoms with van der Waals surface area (Å²) in [4.78, 5) is 7.03. The van der Waals surface area contributed by atoms with Crippen molar-refractivity contribution in [1.29, 1.82) is 0 Å². The number of rotatable bonds is 6. The van der Waals surface area contributed by atoms with Crippen LogP contribution in [-0.4, -0.2) is 29.8 Å². The third kappa shape index (κ3) is 3.64. The first kappa shape index (κ1) is 15.8. The lowest BCUT2D eigenvalue weighted by Crippen LogP contribution is -2.39. The summed E-state index contributed by atoms with van der Waals surface area (Å²) in [6.07, 6.45) is 5.90. The lowest BCUT2D eigenvalue weighted by Gasteiger charge is -2.38. The summed E-state index contributed by atoms with van der Waals surface area (Å²) in [5.74, 6) is 1.97. The second-order valence-electron chi connectivity index (χ2n) is 6.02. The van der Waals surface area contributed by atoms with Gasteiger partial charge in [-0.3, -0.25) is 0 Å². The fourth-order valence-electron chi connectivity index (χ4n) is 3.29. The van der Waals surface area contributed by atoms with Gasteiger partial charge in [-0.15, -0.1) is 0 Å². The fourth-order valence-corrected chi connectivity index (χ4v) is 3.29. The van der Waals surface area contributed by atoms with Crippen LogP contribution in [0.2, 0.25) is 0 Å². The number of fused-ring (bicyclic) bond motifs is 1. The Kier molecular flexibility index (Phi) is 5.13. The van der Waals surface area contributed by atoms with Gasteiger partial charge >= 0.3 is 0 Å². The molecule has 2 heterocycles. The molecule has 1 aromatic heterocycles. The first-order chi connectivity index (χ1) is 11.3. The Balaban J connectivity index is 1.84. The van der Waals surface area contributed by atoms with Gasteiger partial charge in [-0.1, -0.05) is 18.2 Å². The van der Waals surface area contributed by atoms with Crippen LogP contribution >= 0.6 is 0 Å². The van der Waals surface area contributed by atoms with E-state index in [0.29, 0.717) is 6.04 Å². The molecular formula is C19H24N2O2. The Bertz CT molecular complexity index is 628. The number of aryl methyl sites for hydroxylation is 1. The van der Waals surface area contributed by atoms with Crippen LogP contribution in [-0.2, 0) is 13.0 Å². The molecule has 4 nitrogen and oxygen atoms in total. The predicted molar refractivity (Wildman–Crippen MR) is 91.8 cm³/mol. The number of nitrogens with zero attached hydrogens (tertiary/aromatic N) is 2. The molecule has 0 amide bonds. The van der Waals surface area contributed by atoms with E-state index in [2.05, 4.69) is 28.1 Å². The number of benzene rings is 1. The summed E-state index contributed by atoms with van der Waals surface area (Å²) in [6, 6.07) is 12.8. The molecule has 122 valence electrons. The number of aliphatic hydroxyl groups excluding tert-OH is 1. The van der Waals surface area contributed by atoms with Crippen LogP contribution in [0.3, 0.4) is 0 Å². The lowest BCUT2D eigenvalue weighted by atomic mass is 9.95. The number of aromatic nitrogens is 1. The highest BCUT2D eigenvalue weighted by Gasteiger charge is 2.26. The largest absolute Gasteiger partial charge is 0.497 e. The van der Waals surface area contributed by atoms with Crippen molar-refractivity contribution < 1.29 is 9.84 Å². The van der Waals surface area contributed by atoms with Crippen LogP contribution < -0.4 is 9.64 Å². The highest BCUT2D eigenvalue weighted by atomic mass is 16.5. The predicted octanol–water partition coefficient (Wildman–Crippen LogP) is 3.18. The molecule has 0 unspecified atom stereocenters. The molecule has 0 saturated carbocycles. The van der Waals surface area contributed by atoms with E-state index >= 15 is 0 Å². The number of hydrogen-bond acceptors (Lipinski definition) is 4. The van der Waals surface area contributed by atoms with E-state index in [1.54, 1.807) is 7.11 Å². The SMILES string of the molecule is COc1ccc(CN2c3ncccc3CC[C@H]2CCCO)cc1. The topological polar surface area (TPSA) is 45.6 Å². The second-order valence-corrected chi connectivity index (χ2v) is 6.02. The Morgan fingerprint density at radius 1 is 1.26 bits per heavy atom. The van der Waals surface area contributed by atoms with Crippen LogP contribution in [0.25, 0.3) is 0 Å². The average Bonchev–Trinajstić information content (AvgIpc) is 2.61. The maximum absolute atomic E-state index is 9.18. The van der Waals surface area contributed by atoms with Crippen molar-refractivity contribution in [3.05, 3.63) is 53.7 Å². The third-order valence-electron chi connectivity index (χ3n) is 4.53. The minimum Gasteiger partial charge on any atom is -0.497 e. The van der Waals surface area contributed by atoms with Crippen molar-refractivity contribution in [1.82, 2.24) is 4.98 Å². The summed E-state index contributed by atoms with van der Waals surface area (Å²) in [5, 5.41) is 9.18. The average molecular weight is 312 g/mol. The Morgan fingerprint density at radius 3 is 2.83 bits per heavy atom. The molecule has 23 heavy (non-hydrogen) atoms. The maximum Gasteiger partial charge on any atom is 0.132 e. The molecule has 1 N–H and O–H groups in total. The third-order valence-corrected chi connectivity index (χ3v) is 4.53. The van der Waals surface area contributed by atoms with Gasteiger partial charge in [-0.05, 0) is 55.0 Å². The minimum absolute atomic E-state index is 0.252. The van der Waals surface area contributed by atoms with Crippen LogP contribution in [0.15, 0.2) is 42.6 Å². The van der Waals surface area contributed by atoms with Crippen molar-refractivity contribution in [2.75, 3.05) is 18.6 Å². The van der Waals surface area contributed by atoms with Gasteiger partial charge in [0.25, 0.3) is 0 Å². The van der Waals surface area contributed by atoms with Crippen LogP contribution in [0, 0.1) is 0 Å². The molecule has 0 fully saturated rings. The highest BCUT2D eigenvalue weighted by molar-refractivity contribution is 5.51. The van der Waals surface area contributed by atoms with E-state index in [4.69, 9.17) is 4.74 Å². The minimum atomic E-state index is 0.252. The summed E-state index contributed by atoms with van der Waals surface area (Å²) in [6.45, 7) is 1.09. The molecule has 1 aromatic carbocycles. The van der Waals surface area contributed by atoms with E-state index in [1.807, 2.05) is 24.4 Å². The molecule has 3 rings (SSSR count). The molecule has 1 aliphatic heterocycles. The van der Waals surface area contributed by atoms with Gasteiger partial charge in [0.15, 0.2) is 0 Å². The fraction of sp³-hybridized carbons (Fsp3) is 0.421. The van der Waals surface area contributed by atoms with Crippen LogP contribution in [0.1, 0.15) is 30.4 Å². The zero-order valence-corrected chi connectivity index (χ0v) is 13.6. The first-order valence-electron chi connectivity index (χ1n) is 8.26. The van der Waals surface area contributed by atoms with E-state index in [-0.39, 0.29) is 6.61 Å². The van der Waals surface area contributed by atoms with Gasteiger partial charge in [0.05, 0.1) is 7.11 Å². The Morgan fingerprint density at radius 2 is 2.09 bits per heavy atom. The van der Waals surface area contributed by atoms with Crippen molar-refractivity contribution >= 4 is 5.82 Å². The normalized spacial score (nSPS) is 17.0. The molecule has 1 aliphatic rings. The van der Waals surface area contributed by atoms with Crippen molar-refractivity contribution in [2.45, 2.75) is 38.3 Å². The summed E-state index contributed by atoms with van der Waals surface area (Å²) in [7, 11) is 1.69. The molecular weight excluding hydrogens is 288 g/mol. The lowest BCUT2D eigenvalue weighted by molar-refractivity contribution is 0.275. The molecule has 4 heteroatoms. The number of hydrogen-bond donors (Lipinski definition) is 1. The standard InChI is InChI=1S/C19H24N2O2/c1-23-18-10-6-15(7-11-18)14-21-17(5-3-13-22)9-8-16-4-2-12-20-19(16)21/h2,4,6-7,10-12,17,22H,3,5,8-9,13-14H2,1H3/t17-/m1/s1. The molecule has 0 spiro atoms. The quantitative estimate of drug-likeness (QED) is 0.890. The van der Waals surface area contributed by atoms with Gasteiger partial charge in [0, 0.05) is 25.4 Å². The van der Waals surface area contributed by atoms with Crippen LogP contribution in [0.4, 0.5) is 5.82 Å². The zero-order chi connectivity index (χ0) is 16.1. The Labute approximate surface area is 137 Å². The Hall–Kier alpha value is -2.07. The number of methoxy groups -OCH3 is 1. The molecule has 0 bridgehead atoms. The van der Waals surface area contributed by atoms with Gasteiger partial charge < -0.3 is 14.7 Å². The molecule has 0 aliphatic carbocycles. The van der Waals surface area contributed by atoms with Crippen molar-refractivity contribution in [3.8, 4) is 5.75 Å². The molecule has 2 aromatic rings. The molecule has 0 radical (unpaired) electrons. The van der Waals surface area contributed by atoms with Crippen molar-refractivity contribution in [2.24, 2.45) is 0 Å². The van der Waals surface area contributed by atoms with E-state index in [0.717, 1.165) is 43.8 Å². The van der Waals surface area contributed by atoms with E-state index in [1.165, 1.54) is 11.1 Å². The zero-order valence-electron chi connectivity index (χ0n) is 13.6. The molecule has 0 saturated heterocycles. The van der Waals surface area contributed by atoms with Gasteiger partial charge in [0.1, 0.15) is 11.6 Å². The van der Waals surface area contributed by atoms with E-state index in [9.17, 15) is 5.11 Å². The monoisotopic (exact) mass is 312 g/mol. The van der Waals surface area contributed by atoms with E-state index < -0.39 is 0 Å². The van der Waals surface area contributed by atoms with Crippen LogP contribution in [0.5, 0.6) is 5.75 Å². The van der Waals surface area contributed by atoms with Gasteiger partial charge in [0.2, 0.25) is 0 Å². The van der Waals surface area contributed by atoms with Gasteiger partial charge in [-0.2, -0.15) is 0 Å². The second kappa shape index (κ2) is 7.47. The summed E-state index contributed by atoms with van der Waals surface area (Å²) < 4.78 is 5.24. The van der Waals surface area contributed by atoms with Gasteiger partial charge in [-0.25, -0.2) is 4.98 Å². The molecule has 1 atom stereocenters. The maximum atomic E-state index is 9.18. The highest BCUT2D eigenvalue weighted by Crippen LogP contribution is 2.32. The number of anilines is 1. The summed E-state index contributed by atoms with van der Waals surface area (Å²) in [5.41, 5.74) is 2.57. The number of ether oxygens (including phenoxy) is 1. The smallest absolute Gasteiger partial charge is 0.132 e. The number of pyridine rings is 1. The van der Waals surface area contributed by atoms with Crippen molar-refractivity contribution in [3.63, 3.8) is 0 Å².